The summed E-state index contributed by atoms with van der Waals surface area (Å²) >= 11 is 0. The zero-order chi connectivity index (χ0) is 14.8. The summed E-state index contributed by atoms with van der Waals surface area (Å²) in [5.74, 6) is 2.92. The minimum Gasteiger partial charge on any atom is -0.490 e. The van der Waals surface area contributed by atoms with Crippen LogP contribution in [0.1, 0.15) is 29.7 Å². The molecule has 0 aliphatic carbocycles. The molecule has 1 aliphatic heterocycles. The number of aromatic nitrogens is 3. The van der Waals surface area contributed by atoms with Gasteiger partial charge in [-0.1, -0.05) is 6.07 Å². The van der Waals surface area contributed by atoms with Crippen LogP contribution in [-0.4, -0.2) is 33.1 Å². The molecule has 0 radical (unpaired) electrons. The summed E-state index contributed by atoms with van der Waals surface area (Å²) in [4.78, 5) is 4.24. The van der Waals surface area contributed by atoms with Gasteiger partial charge >= 0.3 is 0 Å². The van der Waals surface area contributed by atoms with E-state index in [0.29, 0.717) is 31.3 Å². The van der Waals surface area contributed by atoms with Gasteiger partial charge < -0.3 is 14.6 Å². The molecular formula is C15H19N3O3. The fourth-order valence-corrected chi connectivity index (χ4v) is 2.39. The van der Waals surface area contributed by atoms with Crippen molar-refractivity contribution in [3.8, 4) is 11.5 Å². The van der Waals surface area contributed by atoms with Gasteiger partial charge in [0.25, 0.3) is 0 Å². The van der Waals surface area contributed by atoms with Crippen molar-refractivity contribution in [3.05, 3.63) is 35.4 Å². The first-order valence-corrected chi connectivity index (χ1v) is 7.09. The van der Waals surface area contributed by atoms with Crippen molar-refractivity contribution >= 4 is 0 Å². The van der Waals surface area contributed by atoms with Crippen molar-refractivity contribution in [3.63, 3.8) is 0 Å². The molecule has 2 aromatic rings. The number of hydrogen-bond acceptors (Lipinski definition) is 5. The van der Waals surface area contributed by atoms with E-state index in [1.54, 1.807) is 4.68 Å². The summed E-state index contributed by atoms with van der Waals surface area (Å²) in [5, 5.41) is 14.7. The molecule has 21 heavy (non-hydrogen) atoms. The molecule has 112 valence electrons. The molecule has 3 rings (SSSR count). The van der Waals surface area contributed by atoms with E-state index in [1.165, 1.54) is 0 Å². The third-order valence-corrected chi connectivity index (χ3v) is 3.46. The van der Waals surface area contributed by atoms with Crippen LogP contribution in [0.2, 0.25) is 0 Å². The number of aryl methyl sites for hydroxylation is 2. The Hall–Kier alpha value is -2.08. The monoisotopic (exact) mass is 289 g/mol. The third kappa shape index (κ3) is 3.00. The van der Waals surface area contributed by atoms with E-state index in [1.807, 2.05) is 32.0 Å². The molecular weight excluding hydrogens is 270 g/mol. The molecule has 1 aromatic heterocycles. The predicted octanol–water partition coefficient (Wildman–Crippen LogP) is 1.79. The molecule has 1 aromatic carbocycles. The molecule has 0 amide bonds. The van der Waals surface area contributed by atoms with Crippen molar-refractivity contribution < 1.29 is 14.6 Å². The van der Waals surface area contributed by atoms with E-state index >= 15 is 0 Å². The first kappa shape index (κ1) is 13.9. The Kier molecular flexibility index (Phi) is 3.79. The minimum atomic E-state index is -0.665. The fourth-order valence-electron chi connectivity index (χ4n) is 2.39. The molecule has 0 saturated heterocycles. The number of rotatable bonds is 3. The van der Waals surface area contributed by atoms with E-state index in [9.17, 15) is 5.11 Å². The van der Waals surface area contributed by atoms with Crippen LogP contribution < -0.4 is 9.47 Å². The molecule has 6 heteroatoms. The largest absolute Gasteiger partial charge is 0.490 e. The van der Waals surface area contributed by atoms with Gasteiger partial charge in [-0.15, -0.1) is 0 Å². The molecule has 0 fully saturated rings. The van der Waals surface area contributed by atoms with Crippen molar-refractivity contribution in [2.24, 2.45) is 0 Å². The molecule has 0 bridgehead atoms. The van der Waals surface area contributed by atoms with Gasteiger partial charge in [-0.05, 0) is 31.5 Å². The Morgan fingerprint density at radius 2 is 2.00 bits per heavy atom. The van der Waals surface area contributed by atoms with Gasteiger partial charge in [-0.3, -0.25) is 0 Å². The lowest BCUT2D eigenvalue weighted by molar-refractivity contribution is 0.150. The Morgan fingerprint density at radius 3 is 2.71 bits per heavy atom. The van der Waals surface area contributed by atoms with Gasteiger partial charge in [0.2, 0.25) is 0 Å². The van der Waals surface area contributed by atoms with Crippen LogP contribution >= 0.6 is 0 Å². The number of aliphatic hydroxyl groups is 1. The normalized spacial score (nSPS) is 15.6. The Bertz CT molecular complexity index is 639. The molecule has 1 N–H and O–H groups in total. The summed E-state index contributed by atoms with van der Waals surface area (Å²) in [6.07, 6.45) is 0.200. The quantitative estimate of drug-likeness (QED) is 0.933. The van der Waals surface area contributed by atoms with Gasteiger partial charge in [-0.2, -0.15) is 5.10 Å². The maximum Gasteiger partial charge on any atom is 0.161 e. The van der Waals surface area contributed by atoms with E-state index in [0.717, 1.165) is 23.6 Å². The van der Waals surface area contributed by atoms with Gasteiger partial charge in [0.1, 0.15) is 11.6 Å². The number of ether oxygens (including phenoxy) is 2. The van der Waals surface area contributed by atoms with Crippen LogP contribution in [0.15, 0.2) is 18.2 Å². The zero-order valence-electron chi connectivity index (χ0n) is 12.2. The SMILES string of the molecule is Cc1nc(C)n(CC(O)c2ccc3c(c2)OCCCO3)n1. The highest BCUT2D eigenvalue weighted by Crippen LogP contribution is 2.32. The number of nitrogens with zero attached hydrogens (tertiary/aromatic N) is 3. The molecule has 6 nitrogen and oxygen atoms in total. The zero-order valence-corrected chi connectivity index (χ0v) is 12.2. The van der Waals surface area contributed by atoms with Gasteiger partial charge in [-0.25, -0.2) is 9.67 Å². The molecule has 0 spiro atoms. The van der Waals surface area contributed by atoms with Crippen molar-refractivity contribution in [1.82, 2.24) is 14.8 Å². The first-order chi connectivity index (χ1) is 10.1. The highest BCUT2D eigenvalue weighted by molar-refractivity contribution is 5.44. The van der Waals surface area contributed by atoms with Crippen molar-refractivity contribution in [2.45, 2.75) is 32.9 Å². The highest BCUT2D eigenvalue weighted by atomic mass is 16.5. The topological polar surface area (TPSA) is 69.4 Å². The van der Waals surface area contributed by atoms with E-state index < -0.39 is 6.10 Å². The van der Waals surface area contributed by atoms with Gasteiger partial charge in [0.05, 0.1) is 25.9 Å². The first-order valence-electron chi connectivity index (χ1n) is 7.09. The van der Waals surface area contributed by atoms with Crippen LogP contribution in [0, 0.1) is 13.8 Å². The van der Waals surface area contributed by atoms with Crippen LogP contribution in [0.25, 0.3) is 0 Å². The minimum absolute atomic E-state index is 0.367. The maximum absolute atomic E-state index is 10.4. The molecule has 1 atom stereocenters. The summed E-state index contributed by atoms with van der Waals surface area (Å²) in [6, 6.07) is 5.54. The molecule has 1 aliphatic rings. The fraction of sp³-hybridized carbons (Fsp3) is 0.467. The Morgan fingerprint density at radius 1 is 1.24 bits per heavy atom. The average molecular weight is 289 g/mol. The standard InChI is InChI=1S/C15H19N3O3/c1-10-16-11(2)18(17-10)9-13(19)12-4-5-14-15(8-12)21-7-3-6-20-14/h4-5,8,13,19H,3,6-7,9H2,1-2H3. The van der Waals surface area contributed by atoms with Gasteiger partial charge in [0, 0.05) is 6.42 Å². The molecule has 2 heterocycles. The highest BCUT2D eigenvalue weighted by Gasteiger charge is 2.16. The second-order valence-electron chi connectivity index (χ2n) is 5.16. The Labute approximate surface area is 123 Å². The van der Waals surface area contributed by atoms with E-state index in [2.05, 4.69) is 10.1 Å². The van der Waals surface area contributed by atoms with Crippen LogP contribution in [-0.2, 0) is 6.54 Å². The summed E-state index contributed by atoms with van der Waals surface area (Å²) in [6.45, 7) is 5.37. The molecule has 1 unspecified atom stereocenters. The lowest BCUT2D eigenvalue weighted by Gasteiger charge is -2.14. The number of aliphatic hydroxyl groups excluding tert-OH is 1. The van der Waals surface area contributed by atoms with Crippen molar-refractivity contribution in [2.75, 3.05) is 13.2 Å². The lowest BCUT2D eigenvalue weighted by Crippen LogP contribution is -2.11. The smallest absolute Gasteiger partial charge is 0.161 e. The number of benzene rings is 1. The summed E-state index contributed by atoms with van der Waals surface area (Å²) in [5.41, 5.74) is 0.784. The number of hydrogen-bond donors (Lipinski definition) is 1. The van der Waals surface area contributed by atoms with Crippen LogP contribution in [0.4, 0.5) is 0 Å². The second kappa shape index (κ2) is 5.73. The second-order valence-corrected chi connectivity index (χ2v) is 5.16. The van der Waals surface area contributed by atoms with Crippen LogP contribution in [0.5, 0.6) is 11.5 Å². The van der Waals surface area contributed by atoms with E-state index in [-0.39, 0.29) is 0 Å². The third-order valence-electron chi connectivity index (χ3n) is 3.46. The maximum atomic E-state index is 10.4. The summed E-state index contributed by atoms with van der Waals surface area (Å²) < 4.78 is 12.9. The predicted molar refractivity (Wildman–Crippen MR) is 76.5 cm³/mol. The Balaban J connectivity index is 1.80. The summed E-state index contributed by atoms with van der Waals surface area (Å²) in [7, 11) is 0. The number of fused-ring (bicyclic) bond motifs is 1. The lowest BCUT2D eigenvalue weighted by atomic mass is 10.1. The average Bonchev–Trinajstić information content (AvgIpc) is 2.67. The van der Waals surface area contributed by atoms with Crippen LogP contribution in [0.3, 0.4) is 0 Å². The van der Waals surface area contributed by atoms with Crippen molar-refractivity contribution in [1.29, 1.82) is 0 Å². The van der Waals surface area contributed by atoms with Gasteiger partial charge in [0.15, 0.2) is 11.5 Å². The molecule has 0 saturated carbocycles. The van der Waals surface area contributed by atoms with E-state index in [4.69, 9.17) is 9.47 Å².